The number of rotatable bonds is 5. The maximum absolute atomic E-state index is 11.4. The van der Waals surface area contributed by atoms with Gasteiger partial charge in [0, 0.05) is 12.5 Å². The molecule has 1 saturated heterocycles. The molecule has 102 valence electrons. The maximum atomic E-state index is 11.4. The molecule has 1 aliphatic rings. The summed E-state index contributed by atoms with van der Waals surface area (Å²) in [6.07, 6.45) is 1.62. The summed E-state index contributed by atoms with van der Waals surface area (Å²) < 4.78 is 5.05. The Morgan fingerprint density at radius 1 is 1.47 bits per heavy atom. The minimum absolute atomic E-state index is 0.00358. The summed E-state index contributed by atoms with van der Waals surface area (Å²) in [5.74, 6) is -0.772. The molecule has 1 heterocycles. The first-order chi connectivity index (χ1) is 9.10. The topological polar surface area (TPSA) is 75.6 Å². The van der Waals surface area contributed by atoms with Crippen LogP contribution in [0.4, 0.5) is 0 Å². The van der Waals surface area contributed by atoms with Gasteiger partial charge in [-0.3, -0.25) is 9.59 Å². The number of carboxylic acids is 1. The van der Waals surface area contributed by atoms with Crippen LogP contribution < -0.4 is 10.1 Å². The standard InChI is InChI=1S/C14H17NO4/c1-19-11-5-2-9(3-6-11)12(14(17)18)8-10-4-7-13(16)15-10/h2-3,5-6,10,12H,4,7-8H2,1H3,(H,15,16)(H,17,18). The zero-order chi connectivity index (χ0) is 13.8. The molecule has 2 unspecified atom stereocenters. The first-order valence-corrected chi connectivity index (χ1v) is 6.26. The molecule has 1 aliphatic heterocycles. The van der Waals surface area contributed by atoms with Crippen molar-refractivity contribution in [1.82, 2.24) is 5.32 Å². The van der Waals surface area contributed by atoms with Gasteiger partial charge in [-0.15, -0.1) is 0 Å². The molecule has 2 N–H and O–H groups in total. The van der Waals surface area contributed by atoms with Crippen LogP contribution >= 0.6 is 0 Å². The Hall–Kier alpha value is -2.04. The summed E-state index contributed by atoms with van der Waals surface area (Å²) in [7, 11) is 1.57. The van der Waals surface area contributed by atoms with Crippen LogP contribution in [0.15, 0.2) is 24.3 Å². The predicted molar refractivity (Wildman–Crippen MR) is 69.2 cm³/mol. The number of carbonyl (C=O) groups is 2. The van der Waals surface area contributed by atoms with Crippen molar-refractivity contribution in [1.29, 1.82) is 0 Å². The molecule has 0 aromatic heterocycles. The molecule has 0 spiro atoms. The molecule has 0 radical (unpaired) electrons. The number of aliphatic carboxylic acids is 1. The van der Waals surface area contributed by atoms with Crippen molar-refractivity contribution in [3.05, 3.63) is 29.8 Å². The minimum atomic E-state index is -0.869. The molecule has 5 heteroatoms. The molecule has 1 fully saturated rings. The lowest BCUT2D eigenvalue weighted by Gasteiger charge is -2.17. The van der Waals surface area contributed by atoms with Gasteiger partial charge in [0.25, 0.3) is 0 Å². The van der Waals surface area contributed by atoms with Crippen molar-refractivity contribution in [3.63, 3.8) is 0 Å². The fourth-order valence-electron chi connectivity index (χ4n) is 2.35. The summed E-state index contributed by atoms with van der Waals surface area (Å²) in [6, 6.07) is 6.97. The third-order valence-corrected chi connectivity index (χ3v) is 3.42. The zero-order valence-corrected chi connectivity index (χ0v) is 10.8. The summed E-state index contributed by atoms with van der Waals surface area (Å²) in [5, 5.41) is 12.1. The van der Waals surface area contributed by atoms with E-state index in [0.717, 1.165) is 5.56 Å². The highest BCUT2D eigenvalue weighted by Gasteiger charge is 2.28. The van der Waals surface area contributed by atoms with E-state index in [2.05, 4.69) is 5.32 Å². The lowest BCUT2D eigenvalue weighted by molar-refractivity contribution is -0.139. The molecule has 0 saturated carbocycles. The normalized spacial score (nSPS) is 19.8. The summed E-state index contributed by atoms with van der Waals surface area (Å²) in [4.78, 5) is 22.5. The van der Waals surface area contributed by atoms with Crippen LogP contribution in [0.3, 0.4) is 0 Å². The highest BCUT2D eigenvalue weighted by Crippen LogP contribution is 2.26. The molecule has 1 amide bonds. The monoisotopic (exact) mass is 263 g/mol. The van der Waals surface area contributed by atoms with Gasteiger partial charge in [-0.25, -0.2) is 0 Å². The van der Waals surface area contributed by atoms with Crippen LogP contribution in [0.25, 0.3) is 0 Å². The van der Waals surface area contributed by atoms with E-state index in [-0.39, 0.29) is 11.9 Å². The van der Waals surface area contributed by atoms with Gasteiger partial charge in [-0.05, 0) is 30.5 Å². The van der Waals surface area contributed by atoms with Crippen molar-refractivity contribution in [3.8, 4) is 5.75 Å². The molecule has 1 aromatic carbocycles. The number of hydrogen-bond acceptors (Lipinski definition) is 3. The van der Waals surface area contributed by atoms with Gasteiger partial charge < -0.3 is 15.2 Å². The predicted octanol–water partition coefficient (Wildman–Crippen LogP) is 1.53. The molecular formula is C14H17NO4. The van der Waals surface area contributed by atoms with Crippen molar-refractivity contribution in [2.75, 3.05) is 7.11 Å². The Labute approximate surface area is 111 Å². The van der Waals surface area contributed by atoms with Crippen LogP contribution in [0.1, 0.15) is 30.7 Å². The minimum Gasteiger partial charge on any atom is -0.497 e. The van der Waals surface area contributed by atoms with E-state index in [4.69, 9.17) is 4.74 Å². The average molecular weight is 263 g/mol. The number of methoxy groups -OCH3 is 1. The van der Waals surface area contributed by atoms with E-state index in [9.17, 15) is 14.7 Å². The number of amides is 1. The molecule has 5 nitrogen and oxygen atoms in total. The van der Waals surface area contributed by atoms with Gasteiger partial charge in [0.15, 0.2) is 0 Å². The van der Waals surface area contributed by atoms with E-state index in [1.807, 2.05) is 0 Å². The lowest BCUT2D eigenvalue weighted by Crippen LogP contribution is -2.29. The fourth-order valence-corrected chi connectivity index (χ4v) is 2.35. The molecule has 1 aromatic rings. The quantitative estimate of drug-likeness (QED) is 0.844. The van der Waals surface area contributed by atoms with Gasteiger partial charge in [0.2, 0.25) is 5.91 Å². The van der Waals surface area contributed by atoms with E-state index < -0.39 is 11.9 Å². The van der Waals surface area contributed by atoms with E-state index in [1.54, 1.807) is 31.4 Å². The van der Waals surface area contributed by atoms with E-state index >= 15 is 0 Å². The van der Waals surface area contributed by atoms with Crippen molar-refractivity contribution in [2.24, 2.45) is 0 Å². The van der Waals surface area contributed by atoms with Crippen LogP contribution in [0.5, 0.6) is 5.75 Å². The second kappa shape index (κ2) is 5.73. The second-order valence-electron chi connectivity index (χ2n) is 4.70. The fraction of sp³-hybridized carbons (Fsp3) is 0.429. The van der Waals surface area contributed by atoms with Crippen molar-refractivity contribution < 1.29 is 19.4 Å². The summed E-state index contributed by atoms with van der Waals surface area (Å²) in [6.45, 7) is 0. The van der Waals surface area contributed by atoms with Gasteiger partial charge in [-0.2, -0.15) is 0 Å². The number of hydrogen-bond donors (Lipinski definition) is 2. The number of ether oxygens (including phenoxy) is 1. The molecular weight excluding hydrogens is 246 g/mol. The number of nitrogens with one attached hydrogen (secondary N) is 1. The third kappa shape index (κ3) is 3.24. The first kappa shape index (κ1) is 13.4. The number of benzene rings is 1. The maximum Gasteiger partial charge on any atom is 0.311 e. The van der Waals surface area contributed by atoms with Gasteiger partial charge in [-0.1, -0.05) is 12.1 Å². The molecule has 19 heavy (non-hydrogen) atoms. The van der Waals surface area contributed by atoms with Crippen molar-refractivity contribution in [2.45, 2.75) is 31.2 Å². The lowest BCUT2D eigenvalue weighted by atomic mass is 9.91. The average Bonchev–Trinajstić information content (AvgIpc) is 2.81. The van der Waals surface area contributed by atoms with E-state index in [0.29, 0.717) is 25.0 Å². The highest BCUT2D eigenvalue weighted by molar-refractivity contribution is 5.79. The SMILES string of the molecule is COc1ccc(C(CC2CCC(=O)N2)C(=O)O)cc1. The Morgan fingerprint density at radius 2 is 2.16 bits per heavy atom. The summed E-state index contributed by atoms with van der Waals surface area (Å²) >= 11 is 0. The third-order valence-electron chi connectivity index (χ3n) is 3.42. The number of carboxylic acid groups (broad SMARTS) is 1. The van der Waals surface area contributed by atoms with E-state index in [1.165, 1.54) is 0 Å². The van der Waals surface area contributed by atoms with Crippen LogP contribution in [-0.2, 0) is 9.59 Å². The highest BCUT2D eigenvalue weighted by atomic mass is 16.5. The van der Waals surface area contributed by atoms with Gasteiger partial charge >= 0.3 is 5.97 Å². The van der Waals surface area contributed by atoms with Gasteiger partial charge in [0.1, 0.15) is 5.75 Å². The second-order valence-corrected chi connectivity index (χ2v) is 4.70. The van der Waals surface area contributed by atoms with Crippen molar-refractivity contribution >= 4 is 11.9 Å². The van der Waals surface area contributed by atoms with Gasteiger partial charge in [0.05, 0.1) is 13.0 Å². The Balaban J connectivity index is 2.10. The Bertz CT molecular complexity index is 469. The molecule has 2 rings (SSSR count). The number of carbonyl (C=O) groups excluding carboxylic acids is 1. The molecule has 2 atom stereocenters. The first-order valence-electron chi connectivity index (χ1n) is 6.26. The van der Waals surface area contributed by atoms with Crippen LogP contribution in [0.2, 0.25) is 0 Å². The van der Waals surface area contributed by atoms with Crippen LogP contribution in [-0.4, -0.2) is 30.1 Å². The molecule has 0 aliphatic carbocycles. The summed E-state index contributed by atoms with van der Waals surface area (Å²) in [5.41, 5.74) is 0.731. The molecule has 0 bridgehead atoms. The largest absolute Gasteiger partial charge is 0.497 e. The van der Waals surface area contributed by atoms with Crippen LogP contribution in [0, 0.1) is 0 Å². The zero-order valence-electron chi connectivity index (χ0n) is 10.8. The Kier molecular flexibility index (Phi) is 4.04. The smallest absolute Gasteiger partial charge is 0.311 e. The Morgan fingerprint density at radius 3 is 2.63 bits per heavy atom.